The number of aliphatic hydroxyl groups excluding tert-OH is 1. The van der Waals surface area contributed by atoms with Crippen molar-refractivity contribution in [1.82, 2.24) is 19.4 Å². The minimum absolute atomic E-state index is 0.0233. The number of methoxy groups -OCH3 is 2. The number of nitrogens with zero attached hydrogens (tertiary/aromatic N) is 4. The number of carbonyl (C=O) groups is 2. The second-order valence-corrected chi connectivity index (χ2v) is 7.47. The van der Waals surface area contributed by atoms with Gasteiger partial charge in [0, 0.05) is 37.7 Å². The van der Waals surface area contributed by atoms with Crippen LogP contribution < -0.4 is 9.47 Å². The molecule has 0 spiro atoms. The molecular weight excluding hydrogens is 424 g/mol. The fourth-order valence-corrected chi connectivity index (χ4v) is 3.94. The van der Waals surface area contributed by atoms with Crippen molar-refractivity contribution >= 4 is 17.4 Å². The third-order valence-corrected chi connectivity index (χ3v) is 5.55. The number of imidazole rings is 1. The van der Waals surface area contributed by atoms with Gasteiger partial charge in [-0.2, -0.15) is 0 Å². The number of carbonyl (C=O) groups excluding carboxylic acids is 2. The number of amides is 1. The van der Waals surface area contributed by atoms with Gasteiger partial charge in [0.15, 0.2) is 0 Å². The van der Waals surface area contributed by atoms with Crippen LogP contribution >= 0.6 is 0 Å². The highest BCUT2D eigenvalue weighted by molar-refractivity contribution is 6.46. The van der Waals surface area contributed by atoms with E-state index in [0.29, 0.717) is 36.7 Å². The number of aromatic nitrogens is 3. The largest absolute Gasteiger partial charge is 0.507 e. The monoisotopic (exact) mass is 448 g/mol. The van der Waals surface area contributed by atoms with Gasteiger partial charge in [-0.1, -0.05) is 6.07 Å². The molecule has 0 saturated carbocycles. The third kappa shape index (κ3) is 4.30. The lowest BCUT2D eigenvalue weighted by Crippen LogP contribution is -2.31. The molecule has 1 aromatic carbocycles. The zero-order valence-corrected chi connectivity index (χ0v) is 18.3. The van der Waals surface area contributed by atoms with Crippen molar-refractivity contribution in [2.24, 2.45) is 0 Å². The second-order valence-electron chi connectivity index (χ2n) is 7.47. The molecule has 1 amide bonds. The average Bonchev–Trinajstić information content (AvgIpc) is 3.46. The Hall–Kier alpha value is -4.14. The Kier molecular flexibility index (Phi) is 6.39. The maximum atomic E-state index is 13.1. The maximum absolute atomic E-state index is 13.1. The van der Waals surface area contributed by atoms with Crippen molar-refractivity contribution in [1.29, 1.82) is 0 Å². The quantitative estimate of drug-likeness (QED) is 0.321. The fraction of sp³-hybridized carbons (Fsp3) is 0.250. The van der Waals surface area contributed by atoms with Crippen molar-refractivity contribution in [2.75, 3.05) is 20.8 Å². The summed E-state index contributed by atoms with van der Waals surface area (Å²) in [4.78, 5) is 36.0. The van der Waals surface area contributed by atoms with Gasteiger partial charge >= 0.3 is 0 Å². The number of ketones is 1. The van der Waals surface area contributed by atoms with E-state index in [1.165, 1.54) is 19.1 Å². The molecule has 1 N–H and O–H groups in total. The first-order valence-corrected chi connectivity index (χ1v) is 10.4. The summed E-state index contributed by atoms with van der Waals surface area (Å²) in [5, 5.41) is 11.2. The smallest absolute Gasteiger partial charge is 0.295 e. The summed E-state index contributed by atoms with van der Waals surface area (Å²) in [6.07, 6.45) is 7.40. The van der Waals surface area contributed by atoms with E-state index in [1.807, 2.05) is 10.8 Å². The third-order valence-electron chi connectivity index (χ3n) is 5.55. The minimum Gasteiger partial charge on any atom is -0.507 e. The molecule has 1 saturated heterocycles. The Balaban J connectivity index is 1.75. The first-order valence-electron chi connectivity index (χ1n) is 10.4. The summed E-state index contributed by atoms with van der Waals surface area (Å²) >= 11 is 0. The fourth-order valence-electron chi connectivity index (χ4n) is 3.94. The van der Waals surface area contributed by atoms with Crippen LogP contribution in [0.25, 0.3) is 5.76 Å². The molecule has 9 nitrogen and oxygen atoms in total. The van der Waals surface area contributed by atoms with Crippen LogP contribution in [0, 0.1) is 0 Å². The number of Topliss-reactive ketones (excluding diaryl/α,β-unsaturated/α-hetero) is 1. The van der Waals surface area contributed by atoms with Crippen molar-refractivity contribution in [3.05, 3.63) is 78.1 Å². The number of ether oxygens (including phenoxy) is 2. The predicted molar refractivity (Wildman–Crippen MR) is 120 cm³/mol. The Morgan fingerprint density at radius 1 is 1.09 bits per heavy atom. The molecule has 0 unspecified atom stereocenters. The lowest BCUT2D eigenvalue weighted by atomic mass is 9.97. The number of pyridine rings is 1. The van der Waals surface area contributed by atoms with Gasteiger partial charge in [0.05, 0.1) is 37.4 Å². The highest BCUT2D eigenvalue weighted by Gasteiger charge is 2.46. The van der Waals surface area contributed by atoms with E-state index in [1.54, 1.807) is 55.1 Å². The number of hydrogen-bond acceptors (Lipinski definition) is 7. The lowest BCUT2D eigenvalue weighted by Gasteiger charge is -2.24. The van der Waals surface area contributed by atoms with Crippen molar-refractivity contribution in [3.63, 3.8) is 0 Å². The molecule has 0 bridgehead atoms. The molecule has 9 heteroatoms. The Labute approximate surface area is 190 Å². The summed E-state index contributed by atoms with van der Waals surface area (Å²) in [6.45, 7) is 0.935. The van der Waals surface area contributed by atoms with Gasteiger partial charge in [0.1, 0.15) is 23.3 Å². The molecule has 0 radical (unpaired) electrons. The predicted octanol–water partition coefficient (Wildman–Crippen LogP) is 2.81. The van der Waals surface area contributed by atoms with Gasteiger partial charge in [0.2, 0.25) is 0 Å². The number of aliphatic hydroxyl groups is 1. The van der Waals surface area contributed by atoms with Gasteiger partial charge in [-0.05, 0) is 30.7 Å². The molecule has 3 aromatic rings. The van der Waals surface area contributed by atoms with E-state index in [0.717, 1.165) is 0 Å². The maximum Gasteiger partial charge on any atom is 0.295 e. The van der Waals surface area contributed by atoms with E-state index in [-0.39, 0.29) is 16.9 Å². The van der Waals surface area contributed by atoms with Crippen molar-refractivity contribution in [2.45, 2.75) is 19.0 Å². The molecule has 1 aliphatic heterocycles. The molecular formula is C24H24N4O5. The van der Waals surface area contributed by atoms with Crippen LogP contribution in [0.2, 0.25) is 0 Å². The molecule has 1 fully saturated rings. The van der Waals surface area contributed by atoms with Crippen molar-refractivity contribution < 1.29 is 24.2 Å². The number of rotatable bonds is 8. The Morgan fingerprint density at radius 3 is 2.61 bits per heavy atom. The summed E-state index contributed by atoms with van der Waals surface area (Å²) < 4.78 is 12.5. The molecule has 33 heavy (non-hydrogen) atoms. The standard InChI is InChI=1S/C24H24N4O5/c1-32-16-7-8-17(19(14-16)33-2)22(29)20-21(18-6-3-4-9-26-18)28(24(31)23(20)30)12-5-11-27-13-10-25-15-27/h3-4,6-10,13-15,21,29H,5,11-12H2,1-2H3/b22-20+/t21-/m1/s1. The summed E-state index contributed by atoms with van der Waals surface area (Å²) in [6, 6.07) is 9.29. The zero-order chi connectivity index (χ0) is 23.4. The highest BCUT2D eigenvalue weighted by atomic mass is 16.5. The van der Waals surface area contributed by atoms with Crippen LogP contribution in [0.15, 0.2) is 66.9 Å². The minimum atomic E-state index is -0.819. The number of hydrogen-bond donors (Lipinski definition) is 1. The molecule has 3 heterocycles. The van der Waals surface area contributed by atoms with E-state index < -0.39 is 17.7 Å². The zero-order valence-electron chi connectivity index (χ0n) is 18.3. The van der Waals surface area contributed by atoms with Crippen LogP contribution in [-0.4, -0.2) is 57.0 Å². The summed E-state index contributed by atoms with van der Waals surface area (Å²) in [7, 11) is 2.97. The Morgan fingerprint density at radius 2 is 1.94 bits per heavy atom. The number of likely N-dealkylation sites (tertiary alicyclic amines) is 1. The van der Waals surface area contributed by atoms with E-state index in [9.17, 15) is 14.7 Å². The van der Waals surface area contributed by atoms with Gasteiger partial charge in [-0.15, -0.1) is 0 Å². The second kappa shape index (κ2) is 9.56. The molecule has 1 atom stereocenters. The topological polar surface area (TPSA) is 107 Å². The number of benzene rings is 1. The van der Waals surface area contributed by atoms with Gasteiger partial charge in [0.25, 0.3) is 11.7 Å². The van der Waals surface area contributed by atoms with Gasteiger partial charge in [-0.3, -0.25) is 14.6 Å². The van der Waals surface area contributed by atoms with Crippen molar-refractivity contribution in [3.8, 4) is 11.5 Å². The van der Waals surface area contributed by atoms with E-state index >= 15 is 0 Å². The van der Waals surface area contributed by atoms with Gasteiger partial charge < -0.3 is 24.0 Å². The number of aryl methyl sites for hydroxylation is 1. The van der Waals surface area contributed by atoms with Crippen LogP contribution in [0.1, 0.15) is 23.7 Å². The van der Waals surface area contributed by atoms with Gasteiger partial charge in [-0.25, -0.2) is 4.98 Å². The van der Waals surface area contributed by atoms with Crippen LogP contribution in [0.4, 0.5) is 0 Å². The molecule has 0 aliphatic carbocycles. The molecule has 4 rings (SSSR count). The molecule has 2 aromatic heterocycles. The first kappa shape index (κ1) is 22.1. The van der Waals surface area contributed by atoms with E-state index in [4.69, 9.17) is 9.47 Å². The van der Waals surface area contributed by atoms with Crippen LogP contribution in [0.5, 0.6) is 11.5 Å². The molecule has 1 aliphatic rings. The highest BCUT2D eigenvalue weighted by Crippen LogP contribution is 2.40. The SMILES string of the molecule is COc1ccc(/C(O)=C2\C(=O)C(=O)N(CCCn3ccnc3)[C@@H]2c2ccccn2)c(OC)c1. The van der Waals surface area contributed by atoms with E-state index in [2.05, 4.69) is 9.97 Å². The summed E-state index contributed by atoms with van der Waals surface area (Å²) in [5.41, 5.74) is 0.758. The van der Waals surface area contributed by atoms with Crippen LogP contribution in [0.3, 0.4) is 0 Å². The van der Waals surface area contributed by atoms with Crippen LogP contribution in [-0.2, 0) is 16.1 Å². The summed E-state index contributed by atoms with van der Waals surface area (Å²) in [5.74, 6) is -0.905. The molecule has 170 valence electrons. The first-order chi connectivity index (χ1) is 16.0. The lowest BCUT2D eigenvalue weighted by molar-refractivity contribution is -0.140. The average molecular weight is 448 g/mol. The Bertz CT molecular complexity index is 1170. The normalized spacial score (nSPS) is 17.4.